The summed E-state index contributed by atoms with van der Waals surface area (Å²) in [5.74, 6) is -7.52. The number of hydrogen-bond acceptors (Lipinski definition) is 13. The van der Waals surface area contributed by atoms with Crippen LogP contribution in [0.25, 0.3) is 11.1 Å². The fraction of sp³-hybridized carbons (Fsp3) is 0.400. The molecule has 2 heterocycles. The summed E-state index contributed by atoms with van der Waals surface area (Å²) in [6.07, 6.45) is -21.0. The third-order valence-corrected chi connectivity index (χ3v) is 6.53. The van der Waals surface area contributed by atoms with Crippen molar-refractivity contribution in [2.75, 3.05) is 0 Å². The van der Waals surface area contributed by atoms with Gasteiger partial charge >= 0.3 is 17.9 Å². The highest BCUT2D eigenvalue weighted by molar-refractivity contribution is 5.94. The molecule has 0 aromatic heterocycles. The van der Waals surface area contributed by atoms with Crippen molar-refractivity contribution in [3.8, 4) is 16.9 Å². The molecule has 2 aliphatic heterocycles. The predicted octanol–water partition coefficient (Wildman–Crippen LogP) is -2.05. The maximum Gasteiger partial charge on any atom is 0.344 e. The number of carbonyl (C=O) groups is 3. The van der Waals surface area contributed by atoms with Crippen molar-refractivity contribution in [3.63, 3.8) is 0 Å². The minimum atomic E-state index is -2.18. The second-order valence-electron chi connectivity index (χ2n) is 9.33. The van der Waals surface area contributed by atoms with Crippen LogP contribution in [0.3, 0.4) is 0 Å². The number of aliphatic carboxylic acids is 2. The Morgan fingerprint density at radius 3 is 1.79 bits per heavy atom. The average molecular weight is 602 g/mol. The van der Waals surface area contributed by atoms with Crippen LogP contribution in [0.5, 0.6) is 5.75 Å². The van der Waals surface area contributed by atoms with E-state index in [2.05, 4.69) is 0 Å². The first-order chi connectivity index (χ1) is 19.7. The SMILES string of the molecule is O=C(O[C@@H]1O[C@H](C(=O)O)[C@@H](O)[C@H](O)[C@H]1O)c1cc(-c2ccc(F)cc2F)ccc1O[C@@H]1O[C@H](C(=O)O)[C@@H](O)[C@H](O)[C@H]1O. The number of hydrogen-bond donors (Lipinski definition) is 8. The molecule has 0 saturated carbocycles. The molecular weight excluding hydrogens is 578 g/mol. The number of ether oxygens (including phenoxy) is 4. The molecule has 8 N–H and O–H groups in total. The molecule has 0 bridgehead atoms. The van der Waals surface area contributed by atoms with Gasteiger partial charge in [0.05, 0.1) is 0 Å². The van der Waals surface area contributed by atoms with Crippen LogP contribution in [-0.4, -0.2) is 120 Å². The Morgan fingerprint density at radius 1 is 0.690 bits per heavy atom. The Hall–Kier alpha value is -3.81. The number of aliphatic hydroxyl groups is 6. The second-order valence-corrected chi connectivity index (χ2v) is 9.33. The summed E-state index contributed by atoms with van der Waals surface area (Å²) in [6, 6.07) is 5.57. The number of benzene rings is 2. The highest BCUT2D eigenvalue weighted by Crippen LogP contribution is 2.33. The second kappa shape index (κ2) is 12.2. The van der Waals surface area contributed by atoms with Crippen LogP contribution < -0.4 is 4.74 Å². The van der Waals surface area contributed by atoms with Crippen LogP contribution in [0.1, 0.15) is 10.4 Å². The highest BCUT2D eigenvalue weighted by Gasteiger charge is 2.50. The fourth-order valence-corrected chi connectivity index (χ4v) is 4.28. The fourth-order valence-electron chi connectivity index (χ4n) is 4.28. The number of halogens is 2. The van der Waals surface area contributed by atoms with Gasteiger partial charge in [0.25, 0.3) is 0 Å². The first kappa shape index (κ1) is 31.1. The molecule has 0 spiro atoms. The maximum absolute atomic E-state index is 14.5. The van der Waals surface area contributed by atoms with Crippen LogP contribution in [0, 0.1) is 11.6 Å². The molecule has 15 nitrogen and oxygen atoms in total. The molecule has 2 aromatic rings. The third kappa shape index (κ3) is 6.03. The van der Waals surface area contributed by atoms with Gasteiger partial charge in [0.15, 0.2) is 12.2 Å². The van der Waals surface area contributed by atoms with E-state index in [1.807, 2.05) is 0 Å². The summed E-state index contributed by atoms with van der Waals surface area (Å²) in [4.78, 5) is 36.1. The smallest absolute Gasteiger partial charge is 0.344 e. The van der Waals surface area contributed by atoms with Gasteiger partial charge in [0.1, 0.15) is 59.6 Å². The zero-order chi connectivity index (χ0) is 31.0. The molecule has 10 atom stereocenters. The Balaban J connectivity index is 1.71. The Bertz CT molecular complexity index is 1360. The Kier molecular flexibility index (Phi) is 9.04. The molecule has 17 heteroatoms. The first-order valence-corrected chi connectivity index (χ1v) is 12.0. The number of esters is 1. The molecule has 2 saturated heterocycles. The topological polar surface area (TPSA) is 250 Å². The largest absolute Gasteiger partial charge is 0.479 e. The summed E-state index contributed by atoms with van der Waals surface area (Å²) in [5.41, 5.74) is -0.976. The lowest BCUT2D eigenvalue weighted by atomic mass is 9.98. The molecule has 0 unspecified atom stereocenters. The predicted molar refractivity (Wildman–Crippen MR) is 126 cm³/mol. The molecule has 228 valence electrons. The lowest BCUT2D eigenvalue weighted by Crippen LogP contribution is -2.61. The number of aliphatic hydroxyl groups excluding tert-OH is 6. The van der Waals surface area contributed by atoms with E-state index in [0.29, 0.717) is 6.07 Å². The molecule has 0 radical (unpaired) electrons. The van der Waals surface area contributed by atoms with E-state index < -0.39 is 102 Å². The van der Waals surface area contributed by atoms with Gasteiger partial charge in [-0.15, -0.1) is 0 Å². The van der Waals surface area contributed by atoms with Gasteiger partial charge in [0.2, 0.25) is 12.6 Å². The van der Waals surface area contributed by atoms with Crippen LogP contribution in [-0.2, 0) is 23.8 Å². The van der Waals surface area contributed by atoms with Crippen LogP contribution in [0.4, 0.5) is 8.78 Å². The van der Waals surface area contributed by atoms with Crippen molar-refractivity contribution in [2.45, 2.75) is 61.4 Å². The van der Waals surface area contributed by atoms with E-state index in [1.165, 1.54) is 0 Å². The van der Waals surface area contributed by atoms with Gasteiger partial charge in [-0.1, -0.05) is 6.07 Å². The molecule has 0 amide bonds. The van der Waals surface area contributed by atoms with E-state index in [4.69, 9.17) is 18.9 Å². The first-order valence-electron chi connectivity index (χ1n) is 12.0. The molecule has 2 aromatic carbocycles. The van der Waals surface area contributed by atoms with Crippen molar-refractivity contribution >= 4 is 17.9 Å². The van der Waals surface area contributed by atoms with E-state index in [0.717, 1.165) is 30.3 Å². The van der Waals surface area contributed by atoms with Gasteiger partial charge in [-0.25, -0.2) is 23.2 Å². The Morgan fingerprint density at radius 2 is 1.24 bits per heavy atom. The van der Waals surface area contributed by atoms with Crippen LogP contribution >= 0.6 is 0 Å². The lowest BCUT2D eigenvalue weighted by molar-refractivity contribution is -0.278. The van der Waals surface area contributed by atoms with Crippen molar-refractivity contribution in [3.05, 3.63) is 53.6 Å². The van der Waals surface area contributed by atoms with Crippen LogP contribution in [0.2, 0.25) is 0 Å². The number of carboxylic acids is 2. The minimum absolute atomic E-state index is 0.0836. The molecular formula is C25H24F2O15. The maximum atomic E-state index is 14.5. The minimum Gasteiger partial charge on any atom is -0.479 e. The Labute approximate surface area is 233 Å². The standard InChI is InChI=1S/C25H24F2O15/c26-8-2-3-9(11(27)6-8)7-1-4-12(39-24-17(32)13(28)15(30)19(40-24)21(34)35)10(5-7)23(38)42-25-18(33)14(29)16(31)20(41-25)22(36)37/h1-6,13-20,24-25,28-33H,(H,34,35)(H,36,37)/t13-,14-,15-,16-,17+,18+,19-,20-,24+,25-/m0/s1. The van der Waals surface area contributed by atoms with E-state index in [1.54, 1.807) is 0 Å². The zero-order valence-corrected chi connectivity index (χ0v) is 20.9. The summed E-state index contributed by atoms with van der Waals surface area (Å²) in [5, 5.41) is 78.9. The van der Waals surface area contributed by atoms with Gasteiger partial charge in [0, 0.05) is 11.6 Å². The van der Waals surface area contributed by atoms with Crippen molar-refractivity contribution in [1.29, 1.82) is 0 Å². The van der Waals surface area contributed by atoms with E-state index in [9.17, 15) is 64.0 Å². The van der Waals surface area contributed by atoms with Gasteiger partial charge in [-0.3, -0.25) is 0 Å². The van der Waals surface area contributed by atoms with Crippen molar-refractivity contribution in [2.24, 2.45) is 0 Å². The molecule has 2 aliphatic rings. The quantitative estimate of drug-likeness (QED) is 0.159. The molecule has 2 fully saturated rings. The number of rotatable bonds is 7. The monoisotopic (exact) mass is 602 g/mol. The van der Waals surface area contributed by atoms with Crippen LogP contribution in [0.15, 0.2) is 36.4 Å². The molecule has 4 rings (SSSR count). The molecule has 42 heavy (non-hydrogen) atoms. The van der Waals surface area contributed by atoms with E-state index >= 15 is 0 Å². The van der Waals surface area contributed by atoms with Gasteiger partial charge in [-0.2, -0.15) is 0 Å². The van der Waals surface area contributed by atoms with Crippen molar-refractivity contribution < 1.29 is 83.0 Å². The lowest BCUT2D eigenvalue weighted by Gasteiger charge is -2.39. The van der Waals surface area contributed by atoms with Gasteiger partial charge < -0.3 is 59.8 Å². The summed E-state index contributed by atoms with van der Waals surface area (Å²) in [7, 11) is 0. The average Bonchev–Trinajstić information content (AvgIpc) is 2.93. The third-order valence-electron chi connectivity index (χ3n) is 6.53. The van der Waals surface area contributed by atoms with E-state index in [-0.39, 0.29) is 11.1 Å². The summed E-state index contributed by atoms with van der Waals surface area (Å²) in [6.45, 7) is 0. The van der Waals surface area contributed by atoms with Crippen molar-refractivity contribution in [1.82, 2.24) is 0 Å². The van der Waals surface area contributed by atoms with Gasteiger partial charge in [-0.05, 0) is 29.8 Å². The normalized spacial score (nSPS) is 33.0. The number of carboxylic acid groups (broad SMARTS) is 2. The molecule has 0 aliphatic carbocycles. The number of carbonyl (C=O) groups excluding carboxylic acids is 1. The summed E-state index contributed by atoms with van der Waals surface area (Å²) >= 11 is 0. The highest BCUT2D eigenvalue weighted by atomic mass is 19.1. The zero-order valence-electron chi connectivity index (χ0n) is 20.9. The summed E-state index contributed by atoms with van der Waals surface area (Å²) < 4.78 is 48.4.